The van der Waals surface area contributed by atoms with Gasteiger partial charge in [-0.2, -0.15) is 0 Å². The van der Waals surface area contributed by atoms with Crippen LogP contribution in [0.15, 0.2) is 18.2 Å². The van der Waals surface area contributed by atoms with Crippen LogP contribution >= 0.6 is 11.6 Å². The number of hydrogen-bond acceptors (Lipinski definition) is 2. The van der Waals surface area contributed by atoms with Crippen molar-refractivity contribution in [3.63, 3.8) is 0 Å². The Labute approximate surface area is 83.3 Å². The summed E-state index contributed by atoms with van der Waals surface area (Å²) in [7, 11) is 0. The predicted molar refractivity (Wildman–Crippen MR) is 54.8 cm³/mol. The van der Waals surface area contributed by atoms with Crippen molar-refractivity contribution in [1.82, 2.24) is 0 Å². The average Bonchev–Trinajstić information content (AvgIpc) is 2.08. The minimum absolute atomic E-state index is 0.363. The fraction of sp³-hybridized carbons (Fsp3) is 0.400. The first-order valence-corrected chi connectivity index (χ1v) is 4.60. The van der Waals surface area contributed by atoms with E-state index < -0.39 is 6.10 Å². The summed E-state index contributed by atoms with van der Waals surface area (Å²) in [4.78, 5) is 0. The van der Waals surface area contributed by atoms with Gasteiger partial charge in [-0.3, -0.25) is 0 Å². The molecule has 13 heavy (non-hydrogen) atoms. The first-order valence-electron chi connectivity index (χ1n) is 4.22. The fourth-order valence-electron chi connectivity index (χ4n) is 1.09. The number of aliphatic hydroxyl groups excluding tert-OH is 1. The first-order chi connectivity index (χ1) is 6.02. The van der Waals surface area contributed by atoms with Gasteiger partial charge in [0.2, 0.25) is 0 Å². The van der Waals surface area contributed by atoms with E-state index >= 15 is 0 Å². The minimum Gasteiger partial charge on any atom is -0.391 e. The Balaban J connectivity index is 2.97. The van der Waals surface area contributed by atoms with Crippen LogP contribution in [0.25, 0.3) is 0 Å². The third-order valence-corrected chi connectivity index (χ3v) is 2.51. The molecule has 1 unspecified atom stereocenters. The SMILES string of the molecule is Cc1ccc([C@@H](N)C(C)O)cc1Cl. The Hall–Kier alpha value is -0.570. The second kappa shape index (κ2) is 4.09. The summed E-state index contributed by atoms with van der Waals surface area (Å²) in [5.41, 5.74) is 7.63. The van der Waals surface area contributed by atoms with Gasteiger partial charge in [-0.1, -0.05) is 23.7 Å². The zero-order chi connectivity index (χ0) is 10.0. The molecule has 2 atom stereocenters. The molecule has 0 amide bonds. The van der Waals surface area contributed by atoms with Crippen LogP contribution in [0.3, 0.4) is 0 Å². The van der Waals surface area contributed by atoms with E-state index in [1.807, 2.05) is 19.1 Å². The highest BCUT2D eigenvalue weighted by atomic mass is 35.5. The molecule has 0 saturated carbocycles. The Morgan fingerprint density at radius 1 is 1.46 bits per heavy atom. The molecule has 0 heterocycles. The summed E-state index contributed by atoms with van der Waals surface area (Å²) in [5, 5.41) is 9.95. The van der Waals surface area contributed by atoms with E-state index in [4.69, 9.17) is 17.3 Å². The standard InChI is InChI=1S/C10H14ClNO/c1-6-3-4-8(5-9(6)11)10(12)7(2)13/h3-5,7,10,13H,12H2,1-2H3/t7?,10-/m0/s1. The van der Waals surface area contributed by atoms with Gasteiger partial charge in [0.15, 0.2) is 0 Å². The maximum absolute atomic E-state index is 9.27. The molecule has 0 fully saturated rings. The molecule has 3 heteroatoms. The van der Waals surface area contributed by atoms with Gasteiger partial charge in [0.25, 0.3) is 0 Å². The second-order valence-electron chi connectivity index (χ2n) is 3.28. The summed E-state index contributed by atoms with van der Waals surface area (Å²) in [6.07, 6.45) is -0.557. The second-order valence-corrected chi connectivity index (χ2v) is 3.68. The molecule has 1 aromatic carbocycles. The molecule has 0 aliphatic carbocycles. The highest BCUT2D eigenvalue weighted by molar-refractivity contribution is 6.31. The van der Waals surface area contributed by atoms with Crippen molar-refractivity contribution >= 4 is 11.6 Å². The predicted octanol–water partition coefficient (Wildman–Crippen LogP) is 2.03. The maximum atomic E-state index is 9.27. The summed E-state index contributed by atoms with van der Waals surface area (Å²) in [6.45, 7) is 3.60. The summed E-state index contributed by atoms with van der Waals surface area (Å²) in [6, 6.07) is 5.23. The molecule has 0 bridgehead atoms. The normalized spacial score (nSPS) is 15.5. The van der Waals surface area contributed by atoms with Crippen molar-refractivity contribution in [2.45, 2.75) is 26.0 Å². The van der Waals surface area contributed by atoms with E-state index in [-0.39, 0.29) is 6.04 Å². The lowest BCUT2D eigenvalue weighted by molar-refractivity contribution is 0.164. The van der Waals surface area contributed by atoms with E-state index in [1.54, 1.807) is 13.0 Å². The number of halogens is 1. The maximum Gasteiger partial charge on any atom is 0.0704 e. The molecular formula is C10H14ClNO. The Morgan fingerprint density at radius 3 is 2.54 bits per heavy atom. The van der Waals surface area contributed by atoms with Gasteiger partial charge < -0.3 is 10.8 Å². The zero-order valence-corrected chi connectivity index (χ0v) is 8.55. The van der Waals surface area contributed by atoms with Crippen molar-refractivity contribution in [3.8, 4) is 0 Å². The number of rotatable bonds is 2. The lowest BCUT2D eigenvalue weighted by atomic mass is 10.0. The molecule has 0 aliphatic rings. The van der Waals surface area contributed by atoms with Gasteiger partial charge in [-0.25, -0.2) is 0 Å². The lowest BCUT2D eigenvalue weighted by Crippen LogP contribution is -2.23. The average molecular weight is 200 g/mol. The van der Waals surface area contributed by atoms with Gasteiger partial charge >= 0.3 is 0 Å². The van der Waals surface area contributed by atoms with Crippen LogP contribution in [0, 0.1) is 6.92 Å². The minimum atomic E-state index is -0.557. The Bertz CT molecular complexity index is 299. The number of benzene rings is 1. The number of aryl methyl sites for hydroxylation is 1. The number of aliphatic hydroxyl groups is 1. The van der Waals surface area contributed by atoms with Crippen LogP contribution in [-0.4, -0.2) is 11.2 Å². The molecule has 0 radical (unpaired) electrons. The van der Waals surface area contributed by atoms with Gasteiger partial charge in [0, 0.05) is 5.02 Å². The van der Waals surface area contributed by atoms with E-state index in [0.717, 1.165) is 11.1 Å². The van der Waals surface area contributed by atoms with Crippen LogP contribution in [0.4, 0.5) is 0 Å². The van der Waals surface area contributed by atoms with Crippen LogP contribution in [0.2, 0.25) is 5.02 Å². The van der Waals surface area contributed by atoms with Crippen molar-refractivity contribution in [1.29, 1.82) is 0 Å². The van der Waals surface area contributed by atoms with Gasteiger partial charge in [-0.15, -0.1) is 0 Å². The highest BCUT2D eigenvalue weighted by Gasteiger charge is 2.12. The molecule has 72 valence electrons. The molecule has 0 saturated heterocycles. The van der Waals surface area contributed by atoms with E-state index in [2.05, 4.69) is 0 Å². The molecule has 2 nitrogen and oxygen atoms in total. The molecule has 0 aromatic heterocycles. The molecule has 1 rings (SSSR count). The van der Waals surface area contributed by atoms with Gasteiger partial charge in [0.1, 0.15) is 0 Å². The topological polar surface area (TPSA) is 46.2 Å². The summed E-state index contributed by atoms with van der Waals surface area (Å²) < 4.78 is 0. The largest absolute Gasteiger partial charge is 0.391 e. The zero-order valence-electron chi connectivity index (χ0n) is 7.79. The van der Waals surface area contributed by atoms with Crippen LogP contribution in [0.5, 0.6) is 0 Å². The van der Waals surface area contributed by atoms with Crippen LogP contribution < -0.4 is 5.73 Å². The summed E-state index contributed by atoms with van der Waals surface area (Å²) >= 11 is 5.93. The van der Waals surface area contributed by atoms with Crippen molar-refractivity contribution in [3.05, 3.63) is 34.3 Å². The van der Waals surface area contributed by atoms with E-state index in [0.29, 0.717) is 5.02 Å². The summed E-state index contributed by atoms with van der Waals surface area (Å²) in [5.74, 6) is 0. The van der Waals surface area contributed by atoms with Gasteiger partial charge in [-0.05, 0) is 31.0 Å². The first kappa shape index (κ1) is 10.5. The third-order valence-electron chi connectivity index (χ3n) is 2.10. The third kappa shape index (κ3) is 2.44. The quantitative estimate of drug-likeness (QED) is 0.766. The van der Waals surface area contributed by atoms with E-state index in [9.17, 15) is 5.11 Å². The Kier molecular flexibility index (Phi) is 3.31. The molecule has 3 N–H and O–H groups in total. The fourth-order valence-corrected chi connectivity index (χ4v) is 1.28. The van der Waals surface area contributed by atoms with Crippen molar-refractivity contribution < 1.29 is 5.11 Å². The molecule has 0 spiro atoms. The van der Waals surface area contributed by atoms with Crippen molar-refractivity contribution in [2.75, 3.05) is 0 Å². The monoisotopic (exact) mass is 199 g/mol. The van der Waals surface area contributed by atoms with Crippen LogP contribution in [0.1, 0.15) is 24.1 Å². The highest BCUT2D eigenvalue weighted by Crippen LogP contribution is 2.21. The smallest absolute Gasteiger partial charge is 0.0704 e. The molecular weight excluding hydrogens is 186 g/mol. The van der Waals surface area contributed by atoms with E-state index in [1.165, 1.54) is 0 Å². The van der Waals surface area contributed by atoms with Gasteiger partial charge in [0.05, 0.1) is 12.1 Å². The molecule has 1 aromatic rings. The molecule has 0 aliphatic heterocycles. The van der Waals surface area contributed by atoms with Crippen LogP contribution in [-0.2, 0) is 0 Å². The number of hydrogen-bond donors (Lipinski definition) is 2. The number of nitrogens with two attached hydrogens (primary N) is 1. The lowest BCUT2D eigenvalue weighted by Gasteiger charge is -2.15. The van der Waals surface area contributed by atoms with Crippen molar-refractivity contribution in [2.24, 2.45) is 5.73 Å². The Morgan fingerprint density at radius 2 is 2.08 bits per heavy atom.